The van der Waals surface area contributed by atoms with Gasteiger partial charge in [0.05, 0.1) is 7.11 Å². The number of methoxy groups -OCH3 is 1. The van der Waals surface area contributed by atoms with E-state index in [2.05, 4.69) is 29.0 Å². The lowest BCUT2D eigenvalue weighted by atomic mass is 10.0. The van der Waals surface area contributed by atoms with Crippen molar-refractivity contribution in [2.75, 3.05) is 27.2 Å². The minimum atomic E-state index is 0.323. The molecule has 1 aromatic rings. The molecule has 0 unspecified atom stereocenters. The van der Waals surface area contributed by atoms with Gasteiger partial charge in [0, 0.05) is 25.0 Å². The minimum Gasteiger partial charge on any atom is -0.497 e. The van der Waals surface area contributed by atoms with Crippen LogP contribution in [0.5, 0.6) is 5.75 Å². The third-order valence-electron chi connectivity index (χ3n) is 5.43. The summed E-state index contributed by atoms with van der Waals surface area (Å²) in [5, 5.41) is 0. The highest BCUT2D eigenvalue weighted by atomic mass is 16.5. The largest absolute Gasteiger partial charge is 0.497 e. The maximum Gasteiger partial charge on any atom is 0.223 e. The topological polar surface area (TPSA) is 32.8 Å². The third kappa shape index (κ3) is 3.69. The van der Waals surface area contributed by atoms with Crippen molar-refractivity contribution < 1.29 is 9.53 Å². The second kappa shape index (κ2) is 7.35. The molecule has 126 valence electrons. The van der Waals surface area contributed by atoms with Crippen LogP contribution in [0.1, 0.15) is 37.7 Å². The Balaban J connectivity index is 1.56. The zero-order valence-electron chi connectivity index (χ0n) is 14.3. The molecule has 0 bridgehead atoms. The van der Waals surface area contributed by atoms with E-state index in [1.165, 1.54) is 31.4 Å². The Morgan fingerprint density at radius 1 is 1.13 bits per heavy atom. The Morgan fingerprint density at radius 2 is 1.83 bits per heavy atom. The summed E-state index contributed by atoms with van der Waals surface area (Å²) in [5.74, 6) is 1.19. The van der Waals surface area contributed by atoms with E-state index in [9.17, 15) is 4.79 Å². The summed E-state index contributed by atoms with van der Waals surface area (Å²) >= 11 is 0. The fraction of sp³-hybridized carbons (Fsp3) is 0.632. The lowest BCUT2D eigenvalue weighted by Gasteiger charge is -2.33. The molecule has 1 amide bonds. The SMILES string of the molecule is COc1ccc(CCC(=O)N2CCC[C@@H]2[C@@H]2CCCN2C)cc1. The van der Waals surface area contributed by atoms with Crippen LogP contribution in [-0.4, -0.2) is 55.0 Å². The number of nitrogens with zero attached hydrogens (tertiary/aromatic N) is 2. The minimum absolute atomic E-state index is 0.323. The summed E-state index contributed by atoms with van der Waals surface area (Å²) in [6.45, 7) is 2.12. The summed E-state index contributed by atoms with van der Waals surface area (Å²) in [6, 6.07) is 9.04. The number of likely N-dealkylation sites (N-methyl/N-ethyl adjacent to an activating group) is 1. The van der Waals surface area contributed by atoms with E-state index in [-0.39, 0.29) is 0 Å². The first-order valence-electron chi connectivity index (χ1n) is 8.81. The van der Waals surface area contributed by atoms with Crippen LogP contribution in [-0.2, 0) is 11.2 Å². The Kier molecular flexibility index (Phi) is 5.21. The van der Waals surface area contributed by atoms with Crippen molar-refractivity contribution in [1.82, 2.24) is 9.80 Å². The molecule has 23 heavy (non-hydrogen) atoms. The van der Waals surface area contributed by atoms with Crippen molar-refractivity contribution >= 4 is 5.91 Å². The van der Waals surface area contributed by atoms with Gasteiger partial charge in [0.15, 0.2) is 0 Å². The average Bonchev–Trinajstić information content (AvgIpc) is 3.21. The molecule has 0 aromatic heterocycles. The van der Waals surface area contributed by atoms with Crippen LogP contribution in [0, 0.1) is 0 Å². The number of benzene rings is 1. The van der Waals surface area contributed by atoms with Crippen molar-refractivity contribution in [1.29, 1.82) is 0 Å². The van der Waals surface area contributed by atoms with Crippen LogP contribution < -0.4 is 4.74 Å². The molecular weight excluding hydrogens is 288 g/mol. The molecule has 4 nitrogen and oxygen atoms in total. The molecule has 4 heteroatoms. The van der Waals surface area contributed by atoms with Crippen molar-refractivity contribution in [2.24, 2.45) is 0 Å². The Bertz CT molecular complexity index is 529. The van der Waals surface area contributed by atoms with Crippen LogP contribution in [0.25, 0.3) is 0 Å². The van der Waals surface area contributed by atoms with Gasteiger partial charge >= 0.3 is 0 Å². The maximum atomic E-state index is 12.7. The predicted molar refractivity (Wildman–Crippen MR) is 91.7 cm³/mol. The van der Waals surface area contributed by atoms with Gasteiger partial charge < -0.3 is 14.5 Å². The van der Waals surface area contributed by atoms with Crippen molar-refractivity contribution in [3.05, 3.63) is 29.8 Å². The number of amides is 1. The monoisotopic (exact) mass is 316 g/mol. The average molecular weight is 316 g/mol. The van der Waals surface area contributed by atoms with Crippen LogP contribution in [0.3, 0.4) is 0 Å². The number of ether oxygens (including phenoxy) is 1. The smallest absolute Gasteiger partial charge is 0.223 e. The molecule has 0 aliphatic carbocycles. The molecular formula is C19H28N2O2. The molecule has 2 aliphatic heterocycles. The third-order valence-corrected chi connectivity index (χ3v) is 5.43. The molecule has 0 N–H and O–H groups in total. The maximum absolute atomic E-state index is 12.7. The summed E-state index contributed by atoms with van der Waals surface area (Å²) in [6.07, 6.45) is 6.26. The van der Waals surface area contributed by atoms with Gasteiger partial charge in [-0.2, -0.15) is 0 Å². The molecule has 0 spiro atoms. The normalized spacial score (nSPS) is 25.0. The second-order valence-electron chi connectivity index (χ2n) is 6.83. The molecule has 2 fully saturated rings. The molecule has 2 atom stereocenters. The quantitative estimate of drug-likeness (QED) is 0.837. The highest BCUT2D eigenvalue weighted by Gasteiger charge is 2.37. The molecule has 0 saturated carbocycles. The summed E-state index contributed by atoms with van der Waals surface area (Å²) < 4.78 is 5.18. The van der Waals surface area contributed by atoms with Gasteiger partial charge in [-0.3, -0.25) is 4.79 Å². The first kappa shape index (κ1) is 16.3. The highest BCUT2D eigenvalue weighted by Crippen LogP contribution is 2.29. The molecule has 1 aromatic carbocycles. The standard InChI is InChI=1S/C19H28N2O2/c1-20-13-3-5-17(20)18-6-4-14-21(18)19(22)12-9-15-7-10-16(23-2)11-8-15/h7-8,10-11,17-18H,3-6,9,12-14H2,1-2H3/t17-,18+/m0/s1. The van der Waals surface area contributed by atoms with Gasteiger partial charge in [0.1, 0.15) is 5.75 Å². The van der Waals surface area contributed by atoms with E-state index in [0.717, 1.165) is 25.1 Å². The molecule has 2 aliphatic rings. The first-order valence-corrected chi connectivity index (χ1v) is 8.81. The van der Waals surface area contributed by atoms with E-state index in [4.69, 9.17) is 4.74 Å². The van der Waals surface area contributed by atoms with Crippen LogP contribution in [0.4, 0.5) is 0 Å². The molecule has 2 heterocycles. The van der Waals surface area contributed by atoms with Crippen LogP contribution >= 0.6 is 0 Å². The van der Waals surface area contributed by atoms with Gasteiger partial charge in [0.2, 0.25) is 5.91 Å². The zero-order chi connectivity index (χ0) is 16.2. The first-order chi connectivity index (χ1) is 11.2. The Hall–Kier alpha value is -1.55. The van der Waals surface area contributed by atoms with Gasteiger partial charge in [-0.1, -0.05) is 12.1 Å². The Morgan fingerprint density at radius 3 is 2.48 bits per heavy atom. The number of hydrogen-bond acceptors (Lipinski definition) is 3. The fourth-order valence-corrected chi connectivity index (χ4v) is 4.11. The predicted octanol–water partition coefficient (Wildman–Crippen LogP) is 2.71. The number of carbonyl (C=O) groups excluding carboxylic acids is 1. The highest BCUT2D eigenvalue weighted by molar-refractivity contribution is 5.77. The zero-order valence-corrected chi connectivity index (χ0v) is 14.3. The van der Waals surface area contributed by atoms with Crippen molar-refractivity contribution in [2.45, 2.75) is 50.6 Å². The number of aryl methyl sites for hydroxylation is 1. The molecule has 0 radical (unpaired) electrons. The summed E-state index contributed by atoms with van der Waals surface area (Å²) in [5.41, 5.74) is 1.20. The van der Waals surface area contributed by atoms with Gasteiger partial charge in [-0.15, -0.1) is 0 Å². The van der Waals surface area contributed by atoms with E-state index in [0.29, 0.717) is 24.4 Å². The molecule has 2 saturated heterocycles. The fourth-order valence-electron chi connectivity index (χ4n) is 4.11. The lowest BCUT2D eigenvalue weighted by Crippen LogP contribution is -2.47. The van der Waals surface area contributed by atoms with E-state index in [1.807, 2.05) is 12.1 Å². The second-order valence-corrected chi connectivity index (χ2v) is 6.83. The van der Waals surface area contributed by atoms with Crippen LogP contribution in [0.2, 0.25) is 0 Å². The number of rotatable bonds is 5. The van der Waals surface area contributed by atoms with E-state index >= 15 is 0 Å². The number of hydrogen-bond donors (Lipinski definition) is 0. The van der Waals surface area contributed by atoms with Crippen molar-refractivity contribution in [3.8, 4) is 5.75 Å². The summed E-state index contributed by atoms with van der Waals surface area (Å²) in [7, 11) is 3.88. The van der Waals surface area contributed by atoms with Crippen molar-refractivity contribution in [3.63, 3.8) is 0 Å². The number of carbonyl (C=O) groups is 1. The van der Waals surface area contributed by atoms with Gasteiger partial charge in [-0.25, -0.2) is 0 Å². The Labute approximate surface area is 139 Å². The van der Waals surface area contributed by atoms with Crippen LogP contribution in [0.15, 0.2) is 24.3 Å². The van der Waals surface area contributed by atoms with Gasteiger partial charge in [0.25, 0.3) is 0 Å². The van der Waals surface area contributed by atoms with E-state index < -0.39 is 0 Å². The van der Waals surface area contributed by atoms with Gasteiger partial charge in [-0.05, 0) is 63.4 Å². The van der Waals surface area contributed by atoms with E-state index in [1.54, 1.807) is 7.11 Å². The summed E-state index contributed by atoms with van der Waals surface area (Å²) in [4.78, 5) is 17.3. The lowest BCUT2D eigenvalue weighted by molar-refractivity contribution is -0.132. The number of likely N-dealkylation sites (tertiary alicyclic amines) is 2. The molecule has 3 rings (SSSR count).